The highest BCUT2D eigenvalue weighted by atomic mass is 32.2. The number of rotatable bonds is 7. The molecule has 0 aliphatic rings. The van der Waals surface area contributed by atoms with Gasteiger partial charge in [0, 0.05) is 19.2 Å². The summed E-state index contributed by atoms with van der Waals surface area (Å²) in [5.41, 5.74) is -0.205. The van der Waals surface area contributed by atoms with Gasteiger partial charge in [0.1, 0.15) is 6.04 Å². The van der Waals surface area contributed by atoms with Crippen LogP contribution in [0.2, 0.25) is 0 Å². The predicted molar refractivity (Wildman–Crippen MR) is 80.7 cm³/mol. The standard InChI is InChI=1S/C13H19N3O5S/c1-9(2)8-12(13(17)14-3)15-22(20,21)11-6-4-10(5-7-11)16(18)19/h4-7,9,12,15H,8H2,1-3H3,(H,14,17)/t12-/m0/s1. The summed E-state index contributed by atoms with van der Waals surface area (Å²) >= 11 is 0. The summed E-state index contributed by atoms with van der Waals surface area (Å²) in [7, 11) is -2.51. The van der Waals surface area contributed by atoms with E-state index in [1.54, 1.807) is 0 Å². The first-order chi connectivity index (χ1) is 10.2. The maximum absolute atomic E-state index is 12.3. The van der Waals surface area contributed by atoms with E-state index < -0.39 is 26.9 Å². The minimum atomic E-state index is -3.94. The number of nitrogens with zero attached hydrogens (tertiary/aromatic N) is 1. The normalized spacial score (nSPS) is 12.9. The van der Waals surface area contributed by atoms with Crippen LogP contribution in [0.5, 0.6) is 0 Å². The Bertz CT molecular complexity index is 640. The zero-order valence-corrected chi connectivity index (χ0v) is 13.4. The topological polar surface area (TPSA) is 118 Å². The van der Waals surface area contributed by atoms with Crippen LogP contribution in [0.1, 0.15) is 20.3 Å². The minimum Gasteiger partial charge on any atom is -0.358 e. The van der Waals surface area contributed by atoms with Gasteiger partial charge in [-0.3, -0.25) is 14.9 Å². The number of nitrogens with one attached hydrogen (secondary N) is 2. The predicted octanol–water partition coefficient (Wildman–Crippen LogP) is 1.03. The monoisotopic (exact) mass is 329 g/mol. The van der Waals surface area contributed by atoms with Crippen molar-refractivity contribution in [3.63, 3.8) is 0 Å². The van der Waals surface area contributed by atoms with Crippen LogP contribution in [0.15, 0.2) is 29.2 Å². The van der Waals surface area contributed by atoms with E-state index in [2.05, 4.69) is 10.0 Å². The first kappa shape index (κ1) is 18.1. The molecule has 1 amide bonds. The SMILES string of the molecule is CNC(=O)[C@H](CC(C)C)NS(=O)(=O)c1ccc([N+](=O)[O-])cc1. The van der Waals surface area contributed by atoms with Crippen LogP contribution in [-0.4, -0.2) is 32.3 Å². The molecule has 1 atom stereocenters. The van der Waals surface area contributed by atoms with E-state index in [0.29, 0.717) is 6.42 Å². The number of hydrogen-bond acceptors (Lipinski definition) is 5. The van der Waals surface area contributed by atoms with Crippen molar-refractivity contribution < 1.29 is 18.1 Å². The van der Waals surface area contributed by atoms with Crippen molar-refractivity contribution in [1.29, 1.82) is 0 Å². The number of benzene rings is 1. The molecule has 0 spiro atoms. The Morgan fingerprint density at radius 2 is 1.82 bits per heavy atom. The molecule has 0 aromatic heterocycles. The van der Waals surface area contributed by atoms with Crippen LogP contribution < -0.4 is 10.0 Å². The first-order valence-electron chi connectivity index (χ1n) is 6.65. The molecule has 1 aromatic rings. The van der Waals surface area contributed by atoms with Crippen LogP contribution >= 0.6 is 0 Å². The average molecular weight is 329 g/mol. The van der Waals surface area contributed by atoms with Crippen molar-refractivity contribution >= 4 is 21.6 Å². The molecule has 0 aliphatic heterocycles. The molecule has 1 rings (SSSR count). The van der Waals surface area contributed by atoms with E-state index in [9.17, 15) is 23.3 Å². The van der Waals surface area contributed by atoms with E-state index in [0.717, 1.165) is 24.3 Å². The average Bonchev–Trinajstić information content (AvgIpc) is 2.45. The maximum atomic E-state index is 12.3. The van der Waals surface area contributed by atoms with Gasteiger partial charge in [0.2, 0.25) is 15.9 Å². The molecule has 22 heavy (non-hydrogen) atoms. The van der Waals surface area contributed by atoms with Gasteiger partial charge in [0.25, 0.3) is 5.69 Å². The summed E-state index contributed by atoms with van der Waals surface area (Å²) in [6, 6.07) is 3.58. The van der Waals surface area contributed by atoms with E-state index in [-0.39, 0.29) is 16.5 Å². The number of carbonyl (C=O) groups is 1. The van der Waals surface area contributed by atoms with Crippen molar-refractivity contribution in [3.05, 3.63) is 34.4 Å². The number of nitro groups is 1. The van der Waals surface area contributed by atoms with Gasteiger partial charge < -0.3 is 5.32 Å². The van der Waals surface area contributed by atoms with Crippen molar-refractivity contribution in [2.24, 2.45) is 5.92 Å². The van der Waals surface area contributed by atoms with Gasteiger partial charge in [-0.05, 0) is 24.5 Å². The lowest BCUT2D eigenvalue weighted by molar-refractivity contribution is -0.384. The van der Waals surface area contributed by atoms with Crippen LogP contribution in [0.4, 0.5) is 5.69 Å². The molecular formula is C13H19N3O5S. The third-order valence-corrected chi connectivity index (χ3v) is 4.41. The Kier molecular flexibility index (Phi) is 6.01. The first-order valence-corrected chi connectivity index (χ1v) is 8.14. The van der Waals surface area contributed by atoms with E-state index >= 15 is 0 Å². The van der Waals surface area contributed by atoms with E-state index in [1.807, 2.05) is 13.8 Å². The summed E-state index contributed by atoms with van der Waals surface area (Å²) in [6.07, 6.45) is 0.339. The zero-order chi connectivity index (χ0) is 16.9. The zero-order valence-electron chi connectivity index (χ0n) is 12.6. The Morgan fingerprint density at radius 3 is 2.23 bits per heavy atom. The van der Waals surface area contributed by atoms with Crippen LogP contribution in [-0.2, 0) is 14.8 Å². The number of nitro benzene ring substituents is 1. The van der Waals surface area contributed by atoms with E-state index in [1.165, 1.54) is 7.05 Å². The van der Waals surface area contributed by atoms with Gasteiger partial charge in [0.15, 0.2) is 0 Å². The molecule has 0 unspecified atom stereocenters. The molecule has 0 saturated heterocycles. The second-order valence-electron chi connectivity index (χ2n) is 5.17. The molecule has 0 heterocycles. The van der Waals surface area contributed by atoms with Gasteiger partial charge in [0.05, 0.1) is 9.82 Å². The molecule has 0 aliphatic carbocycles. The summed E-state index contributed by atoms with van der Waals surface area (Å²) in [6.45, 7) is 3.74. The lowest BCUT2D eigenvalue weighted by Gasteiger charge is -2.19. The van der Waals surface area contributed by atoms with Crippen molar-refractivity contribution in [3.8, 4) is 0 Å². The number of hydrogen-bond donors (Lipinski definition) is 2. The Balaban J connectivity index is 3.01. The number of amides is 1. The molecule has 0 radical (unpaired) electrons. The number of likely N-dealkylation sites (N-methyl/N-ethyl adjacent to an activating group) is 1. The molecule has 122 valence electrons. The molecule has 0 saturated carbocycles. The van der Waals surface area contributed by atoms with Gasteiger partial charge >= 0.3 is 0 Å². The summed E-state index contributed by atoms with van der Waals surface area (Å²) in [5.74, 6) is -0.318. The number of carbonyl (C=O) groups excluding carboxylic acids is 1. The lowest BCUT2D eigenvalue weighted by atomic mass is 10.0. The van der Waals surface area contributed by atoms with Crippen molar-refractivity contribution in [1.82, 2.24) is 10.0 Å². The highest BCUT2D eigenvalue weighted by molar-refractivity contribution is 7.89. The molecule has 8 nitrogen and oxygen atoms in total. The largest absolute Gasteiger partial charge is 0.358 e. The van der Waals surface area contributed by atoms with Crippen LogP contribution in [0.3, 0.4) is 0 Å². The maximum Gasteiger partial charge on any atom is 0.269 e. The molecule has 2 N–H and O–H groups in total. The molecule has 9 heteroatoms. The van der Waals surface area contributed by atoms with Gasteiger partial charge in [-0.2, -0.15) is 4.72 Å². The molecule has 0 bridgehead atoms. The Morgan fingerprint density at radius 1 is 1.27 bits per heavy atom. The summed E-state index contributed by atoms with van der Waals surface area (Å²) in [4.78, 5) is 21.6. The third kappa shape index (κ3) is 4.78. The van der Waals surface area contributed by atoms with Gasteiger partial charge in [-0.15, -0.1) is 0 Å². The van der Waals surface area contributed by atoms with Gasteiger partial charge in [-0.1, -0.05) is 13.8 Å². The van der Waals surface area contributed by atoms with Crippen molar-refractivity contribution in [2.45, 2.75) is 31.2 Å². The Labute approximate surface area is 129 Å². The summed E-state index contributed by atoms with van der Waals surface area (Å²) in [5, 5.41) is 13.0. The third-order valence-electron chi connectivity index (χ3n) is 2.93. The van der Waals surface area contributed by atoms with Gasteiger partial charge in [-0.25, -0.2) is 8.42 Å². The number of sulfonamides is 1. The van der Waals surface area contributed by atoms with E-state index in [4.69, 9.17) is 0 Å². The smallest absolute Gasteiger partial charge is 0.269 e. The fourth-order valence-corrected chi connectivity index (χ4v) is 3.06. The second-order valence-corrected chi connectivity index (χ2v) is 6.88. The molecular weight excluding hydrogens is 310 g/mol. The quantitative estimate of drug-likeness (QED) is 0.572. The fraction of sp³-hybridized carbons (Fsp3) is 0.462. The lowest BCUT2D eigenvalue weighted by Crippen LogP contribution is -2.46. The van der Waals surface area contributed by atoms with Crippen molar-refractivity contribution in [2.75, 3.05) is 7.05 Å². The van der Waals surface area contributed by atoms with Crippen LogP contribution in [0, 0.1) is 16.0 Å². The number of non-ortho nitro benzene ring substituents is 1. The Hall–Kier alpha value is -2.00. The fourth-order valence-electron chi connectivity index (χ4n) is 1.86. The highest BCUT2D eigenvalue weighted by Gasteiger charge is 2.26. The molecule has 0 fully saturated rings. The summed E-state index contributed by atoms with van der Waals surface area (Å²) < 4.78 is 26.9. The molecule has 1 aromatic carbocycles. The van der Waals surface area contributed by atoms with Crippen LogP contribution in [0.25, 0.3) is 0 Å². The second kappa shape index (κ2) is 7.32. The minimum absolute atomic E-state index is 0.113. The highest BCUT2D eigenvalue weighted by Crippen LogP contribution is 2.17.